The Morgan fingerprint density at radius 1 is 1.22 bits per heavy atom. The van der Waals surface area contributed by atoms with Gasteiger partial charge in [0.1, 0.15) is 0 Å². The molecule has 0 radical (unpaired) electrons. The van der Waals surface area contributed by atoms with Gasteiger partial charge in [0.05, 0.1) is 0 Å². The lowest BCUT2D eigenvalue weighted by molar-refractivity contribution is -0.136. The summed E-state index contributed by atoms with van der Waals surface area (Å²) in [6.07, 6.45) is 7.71. The maximum Gasteiger partial charge on any atom is 0.262 e. The number of benzene rings is 1. The number of amides is 1. The van der Waals surface area contributed by atoms with Gasteiger partial charge in [-0.15, -0.1) is 0 Å². The van der Waals surface area contributed by atoms with E-state index in [4.69, 9.17) is 10.7 Å². The van der Waals surface area contributed by atoms with Crippen LogP contribution < -0.4 is 5.73 Å². The Hall–Kier alpha value is -2.28. The molecule has 4 heteroatoms. The molecule has 2 spiro atoms. The van der Waals surface area contributed by atoms with E-state index in [0.29, 0.717) is 17.8 Å². The van der Waals surface area contributed by atoms with Crippen LogP contribution >= 0.6 is 0 Å². The normalized spacial score (nSPS) is 34.6. The fourth-order valence-corrected chi connectivity index (χ4v) is 5.35. The van der Waals surface area contributed by atoms with Gasteiger partial charge in [-0.1, -0.05) is 37.7 Å². The molecule has 27 heavy (non-hydrogen) atoms. The van der Waals surface area contributed by atoms with Crippen LogP contribution in [0.15, 0.2) is 23.2 Å². The van der Waals surface area contributed by atoms with Crippen LogP contribution in [0.1, 0.15) is 62.1 Å². The molecule has 3 aliphatic carbocycles. The molecule has 0 aromatic heterocycles. The van der Waals surface area contributed by atoms with Gasteiger partial charge >= 0.3 is 0 Å². The van der Waals surface area contributed by atoms with Crippen LogP contribution in [-0.2, 0) is 16.8 Å². The Balaban J connectivity index is 1.66. The molecular formula is C23H27N3O. The molecule has 5 rings (SSSR count). The first kappa shape index (κ1) is 16.9. The third-order valence-electron chi connectivity index (χ3n) is 7.27. The van der Waals surface area contributed by atoms with Crippen molar-refractivity contribution in [3.05, 3.63) is 34.9 Å². The van der Waals surface area contributed by atoms with Crippen LogP contribution in [-0.4, -0.2) is 23.8 Å². The van der Waals surface area contributed by atoms with E-state index in [0.717, 1.165) is 43.2 Å². The first-order valence-corrected chi connectivity index (χ1v) is 10.2. The Morgan fingerprint density at radius 2 is 1.96 bits per heavy atom. The van der Waals surface area contributed by atoms with E-state index < -0.39 is 5.54 Å². The molecule has 140 valence electrons. The van der Waals surface area contributed by atoms with Crippen molar-refractivity contribution in [2.24, 2.45) is 28.0 Å². The summed E-state index contributed by atoms with van der Waals surface area (Å²) in [6, 6.07) is 6.42. The molecule has 1 aliphatic heterocycles. The molecule has 0 unspecified atom stereocenters. The average molecular weight is 361 g/mol. The summed E-state index contributed by atoms with van der Waals surface area (Å²) in [5.74, 6) is 8.33. The van der Waals surface area contributed by atoms with Gasteiger partial charge in [-0.25, -0.2) is 4.99 Å². The average Bonchev–Trinajstić information content (AvgIpc) is 3.42. The molecule has 4 aliphatic rings. The summed E-state index contributed by atoms with van der Waals surface area (Å²) in [5.41, 5.74) is 8.48. The highest BCUT2D eigenvalue weighted by Crippen LogP contribution is 2.62. The largest absolute Gasteiger partial charge is 0.369 e. The number of fused-ring (bicyclic) bond motifs is 3. The van der Waals surface area contributed by atoms with E-state index in [-0.39, 0.29) is 11.3 Å². The number of likely N-dealkylation sites (N-methyl/N-ethyl adjacent to an activating group) is 1. The summed E-state index contributed by atoms with van der Waals surface area (Å²) in [6.45, 7) is 2.31. The van der Waals surface area contributed by atoms with Gasteiger partial charge in [-0.05, 0) is 61.3 Å². The fourth-order valence-electron chi connectivity index (χ4n) is 5.35. The molecular weight excluding hydrogens is 334 g/mol. The molecule has 1 aromatic carbocycles. The second-order valence-corrected chi connectivity index (χ2v) is 9.10. The van der Waals surface area contributed by atoms with Gasteiger partial charge in [-0.2, -0.15) is 0 Å². The Kier molecular flexibility index (Phi) is 3.50. The zero-order chi connectivity index (χ0) is 18.8. The summed E-state index contributed by atoms with van der Waals surface area (Å²) in [4.78, 5) is 20.0. The third kappa shape index (κ3) is 2.30. The van der Waals surface area contributed by atoms with Crippen LogP contribution in [0.2, 0.25) is 0 Å². The Morgan fingerprint density at radius 3 is 2.59 bits per heavy atom. The van der Waals surface area contributed by atoms with E-state index in [1.165, 1.54) is 18.4 Å². The standard InChI is InChI=1S/C23H27N3O/c1-15-9-11-22(12-10-15)14-18-8-7-17(6-5-16-3-4-16)13-19(18)23(22)20(27)26(2)21(24)25-23/h7-8,13,15-16H,3-4,9-12,14H2,1-2H3,(H2,24,25)/t15?,22?,23-/m1/s1. The molecule has 2 fully saturated rings. The maximum absolute atomic E-state index is 13.5. The van der Waals surface area contributed by atoms with Crippen LogP contribution in [0.3, 0.4) is 0 Å². The van der Waals surface area contributed by atoms with Crippen molar-refractivity contribution < 1.29 is 4.79 Å². The zero-order valence-corrected chi connectivity index (χ0v) is 16.2. The topological polar surface area (TPSA) is 58.7 Å². The van der Waals surface area contributed by atoms with E-state index in [2.05, 4.69) is 37.0 Å². The van der Waals surface area contributed by atoms with Crippen LogP contribution in [0, 0.1) is 29.1 Å². The smallest absolute Gasteiger partial charge is 0.262 e. The minimum Gasteiger partial charge on any atom is -0.369 e. The SMILES string of the molecule is CC1CCC2(CC1)Cc1ccc(C#CC3CC3)cc1[C@]21N=C(N)N(C)C1=O. The number of carbonyl (C=O) groups is 1. The number of nitrogens with two attached hydrogens (primary N) is 1. The number of guanidine groups is 1. The van der Waals surface area contributed by atoms with Crippen molar-refractivity contribution >= 4 is 11.9 Å². The zero-order valence-electron chi connectivity index (χ0n) is 16.2. The first-order chi connectivity index (χ1) is 12.9. The van der Waals surface area contributed by atoms with Gasteiger partial charge in [0, 0.05) is 23.9 Å². The minimum absolute atomic E-state index is 0.0422. The third-order valence-corrected chi connectivity index (χ3v) is 7.27. The molecule has 4 nitrogen and oxygen atoms in total. The van der Waals surface area contributed by atoms with Gasteiger partial charge in [-0.3, -0.25) is 9.69 Å². The van der Waals surface area contributed by atoms with Crippen molar-refractivity contribution in [1.82, 2.24) is 4.90 Å². The van der Waals surface area contributed by atoms with E-state index in [9.17, 15) is 4.79 Å². The number of carbonyl (C=O) groups excluding carboxylic acids is 1. The molecule has 0 saturated heterocycles. The lowest BCUT2D eigenvalue weighted by Gasteiger charge is -2.44. The fraction of sp³-hybridized carbons (Fsp3) is 0.565. The summed E-state index contributed by atoms with van der Waals surface area (Å²) in [5, 5.41) is 0. The Bertz CT molecular complexity index is 909. The molecule has 2 saturated carbocycles. The van der Waals surface area contributed by atoms with Gasteiger partial charge < -0.3 is 5.73 Å². The van der Waals surface area contributed by atoms with Crippen molar-refractivity contribution in [1.29, 1.82) is 0 Å². The summed E-state index contributed by atoms with van der Waals surface area (Å²) < 4.78 is 0. The number of hydrogen-bond acceptors (Lipinski definition) is 3. The van der Waals surface area contributed by atoms with Crippen molar-refractivity contribution in [3.8, 4) is 11.8 Å². The quantitative estimate of drug-likeness (QED) is 0.722. The summed E-state index contributed by atoms with van der Waals surface area (Å²) >= 11 is 0. The monoisotopic (exact) mass is 361 g/mol. The Labute approximate surface area is 161 Å². The first-order valence-electron chi connectivity index (χ1n) is 10.2. The van der Waals surface area contributed by atoms with Gasteiger partial charge in [0.2, 0.25) is 0 Å². The number of rotatable bonds is 0. The molecule has 1 heterocycles. The molecule has 1 amide bonds. The summed E-state index contributed by atoms with van der Waals surface area (Å²) in [7, 11) is 1.75. The maximum atomic E-state index is 13.5. The van der Waals surface area contributed by atoms with Crippen LogP contribution in [0.4, 0.5) is 0 Å². The number of nitrogens with zero attached hydrogens (tertiary/aromatic N) is 2. The van der Waals surface area contributed by atoms with Gasteiger partial charge in [0.15, 0.2) is 11.5 Å². The second-order valence-electron chi connectivity index (χ2n) is 9.10. The number of aliphatic imine (C=N–C) groups is 1. The molecule has 1 atom stereocenters. The predicted octanol–water partition coefficient (Wildman–Crippen LogP) is 3.18. The number of hydrogen-bond donors (Lipinski definition) is 1. The highest BCUT2D eigenvalue weighted by molar-refractivity contribution is 6.08. The van der Waals surface area contributed by atoms with Crippen molar-refractivity contribution in [3.63, 3.8) is 0 Å². The van der Waals surface area contributed by atoms with Gasteiger partial charge in [0.25, 0.3) is 5.91 Å². The molecule has 1 aromatic rings. The highest BCUT2D eigenvalue weighted by atomic mass is 16.2. The minimum atomic E-state index is -0.849. The molecule has 2 N–H and O–H groups in total. The second kappa shape index (κ2) is 5.61. The van der Waals surface area contributed by atoms with Crippen molar-refractivity contribution in [2.45, 2.75) is 57.4 Å². The van der Waals surface area contributed by atoms with E-state index in [1.807, 2.05) is 0 Å². The lowest BCUT2D eigenvalue weighted by atomic mass is 9.60. The predicted molar refractivity (Wildman–Crippen MR) is 106 cm³/mol. The van der Waals surface area contributed by atoms with E-state index >= 15 is 0 Å². The highest BCUT2D eigenvalue weighted by Gasteiger charge is 2.66. The van der Waals surface area contributed by atoms with Crippen LogP contribution in [0.25, 0.3) is 0 Å². The van der Waals surface area contributed by atoms with E-state index in [1.54, 1.807) is 11.9 Å². The molecule has 0 bridgehead atoms. The lowest BCUT2D eigenvalue weighted by Crippen LogP contribution is -2.50. The van der Waals surface area contributed by atoms with Crippen molar-refractivity contribution in [2.75, 3.05) is 7.05 Å². The van der Waals surface area contributed by atoms with Crippen LogP contribution in [0.5, 0.6) is 0 Å².